The van der Waals surface area contributed by atoms with Crippen molar-refractivity contribution in [1.29, 1.82) is 0 Å². The highest BCUT2D eigenvalue weighted by molar-refractivity contribution is 9.10. The highest BCUT2D eigenvalue weighted by Crippen LogP contribution is 2.24. The van der Waals surface area contributed by atoms with Gasteiger partial charge in [0, 0.05) is 6.54 Å². The van der Waals surface area contributed by atoms with Gasteiger partial charge < -0.3 is 10.0 Å². The van der Waals surface area contributed by atoms with Crippen LogP contribution in [0.3, 0.4) is 0 Å². The average molecular weight is 290 g/mol. The van der Waals surface area contributed by atoms with Crippen LogP contribution in [-0.4, -0.2) is 46.1 Å². The second-order valence-electron chi connectivity index (χ2n) is 3.45. The van der Waals surface area contributed by atoms with Gasteiger partial charge in [-0.25, -0.2) is 0 Å². The summed E-state index contributed by atoms with van der Waals surface area (Å²) in [4.78, 5) is 12.0. The number of aliphatic hydroxyl groups excluding tert-OH is 1. The number of alkyl halides is 4. The van der Waals surface area contributed by atoms with Crippen LogP contribution in [0.5, 0.6) is 0 Å². The molecule has 0 aromatic rings. The van der Waals surface area contributed by atoms with E-state index in [0.29, 0.717) is 12.8 Å². The molecule has 1 aliphatic heterocycles. The van der Waals surface area contributed by atoms with Gasteiger partial charge in [0.25, 0.3) is 0 Å². The zero-order chi connectivity index (χ0) is 11.6. The van der Waals surface area contributed by atoms with Crippen LogP contribution < -0.4 is 0 Å². The van der Waals surface area contributed by atoms with Gasteiger partial charge in [-0.3, -0.25) is 4.79 Å². The Hall–Kier alpha value is -0.300. The number of aliphatic hydroxyl groups is 1. The van der Waals surface area contributed by atoms with Crippen molar-refractivity contribution in [2.75, 3.05) is 13.1 Å². The monoisotopic (exact) mass is 289 g/mol. The molecule has 2 unspecified atom stereocenters. The van der Waals surface area contributed by atoms with Gasteiger partial charge in [-0.2, -0.15) is 13.2 Å². The van der Waals surface area contributed by atoms with E-state index < -0.39 is 23.7 Å². The van der Waals surface area contributed by atoms with Crippen LogP contribution in [0, 0.1) is 0 Å². The quantitative estimate of drug-likeness (QED) is 0.779. The maximum Gasteiger partial charge on any atom is 0.416 e. The van der Waals surface area contributed by atoms with E-state index >= 15 is 0 Å². The topological polar surface area (TPSA) is 40.5 Å². The lowest BCUT2D eigenvalue weighted by Gasteiger charge is -2.31. The molecule has 0 radical (unpaired) electrons. The number of halogens is 4. The Kier molecular flexibility index (Phi) is 3.99. The fourth-order valence-electron chi connectivity index (χ4n) is 1.39. The molecule has 0 saturated carbocycles. The molecule has 1 heterocycles. The van der Waals surface area contributed by atoms with Crippen LogP contribution in [0.1, 0.15) is 12.8 Å². The Morgan fingerprint density at radius 2 is 2.20 bits per heavy atom. The molecule has 1 amide bonds. The SMILES string of the molecule is O=C1C(Br)CCCN1CC(O)C(F)(F)F. The number of hydrogen-bond acceptors (Lipinski definition) is 2. The molecule has 3 nitrogen and oxygen atoms in total. The maximum atomic E-state index is 12.0. The van der Waals surface area contributed by atoms with E-state index in [1.807, 2.05) is 0 Å². The van der Waals surface area contributed by atoms with Gasteiger partial charge in [-0.05, 0) is 12.8 Å². The first-order chi connectivity index (χ1) is 6.82. The predicted molar refractivity (Wildman–Crippen MR) is 50.6 cm³/mol. The molecule has 0 spiro atoms. The molecule has 1 aliphatic rings. The summed E-state index contributed by atoms with van der Waals surface area (Å²) in [5.74, 6) is -0.385. The normalized spacial score (nSPS) is 25.5. The molecular formula is C8H11BrF3NO2. The van der Waals surface area contributed by atoms with E-state index in [4.69, 9.17) is 5.11 Å². The lowest BCUT2D eigenvalue weighted by molar-refractivity contribution is -0.208. The second-order valence-corrected chi connectivity index (χ2v) is 4.56. The lowest BCUT2D eigenvalue weighted by Crippen LogP contribution is -2.48. The minimum atomic E-state index is -4.67. The van der Waals surface area contributed by atoms with Crippen molar-refractivity contribution in [2.45, 2.75) is 29.9 Å². The van der Waals surface area contributed by atoms with E-state index in [2.05, 4.69) is 15.9 Å². The molecule has 1 fully saturated rings. The molecule has 1 rings (SSSR count). The number of amides is 1. The third-order valence-corrected chi connectivity index (χ3v) is 3.09. The van der Waals surface area contributed by atoms with Crippen molar-refractivity contribution in [3.05, 3.63) is 0 Å². The van der Waals surface area contributed by atoms with Crippen molar-refractivity contribution < 1.29 is 23.1 Å². The summed E-state index contributed by atoms with van der Waals surface area (Å²) >= 11 is 3.08. The van der Waals surface area contributed by atoms with Gasteiger partial charge in [0.2, 0.25) is 5.91 Å². The summed E-state index contributed by atoms with van der Waals surface area (Å²) in [6, 6.07) is 0. The molecule has 2 atom stereocenters. The van der Waals surface area contributed by atoms with Gasteiger partial charge in [0.1, 0.15) is 0 Å². The summed E-state index contributed by atoms with van der Waals surface area (Å²) in [6.07, 6.45) is -5.86. The number of nitrogens with zero attached hydrogens (tertiary/aromatic N) is 1. The molecule has 0 aromatic heterocycles. The van der Waals surface area contributed by atoms with Crippen LogP contribution in [-0.2, 0) is 4.79 Å². The summed E-state index contributed by atoms with van der Waals surface area (Å²) < 4.78 is 36.1. The Morgan fingerprint density at radius 3 is 2.73 bits per heavy atom. The van der Waals surface area contributed by atoms with Gasteiger partial charge in [0.15, 0.2) is 6.10 Å². The number of rotatable bonds is 2. The summed E-state index contributed by atoms with van der Waals surface area (Å²) in [5, 5.41) is 8.81. The van der Waals surface area contributed by atoms with Crippen molar-refractivity contribution in [1.82, 2.24) is 4.90 Å². The summed E-state index contributed by atoms with van der Waals surface area (Å²) in [6.45, 7) is -0.404. The molecule has 15 heavy (non-hydrogen) atoms. The van der Waals surface area contributed by atoms with Gasteiger partial charge >= 0.3 is 6.18 Å². The standard InChI is InChI=1S/C8H11BrF3NO2/c9-5-2-1-3-13(7(5)15)4-6(14)8(10,11)12/h5-6,14H,1-4H2. The molecule has 0 aliphatic carbocycles. The summed E-state index contributed by atoms with van der Waals surface area (Å²) in [7, 11) is 0. The van der Waals surface area contributed by atoms with E-state index in [-0.39, 0.29) is 12.5 Å². The van der Waals surface area contributed by atoms with Crippen molar-refractivity contribution in [2.24, 2.45) is 0 Å². The smallest absolute Gasteiger partial charge is 0.382 e. The number of piperidine rings is 1. The molecule has 7 heteroatoms. The average Bonchev–Trinajstić information content (AvgIpc) is 2.11. The van der Waals surface area contributed by atoms with Crippen LogP contribution in [0.15, 0.2) is 0 Å². The molecular weight excluding hydrogens is 279 g/mol. The molecule has 1 saturated heterocycles. The first-order valence-electron chi connectivity index (χ1n) is 4.50. The molecule has 0 aromatic carbocycles. The predicted octanol–water partition coefficient (Wildman–Crippen LogP) is 1.30. The lowest BCUT2D eigenvalue weighted by atomic mass is 10.1. The number of carbonyl (C=O) groups excluding carboxylic acids is 1. The van der Waals surface area contributed by atoms with Crippen LogP contribution in [0.4, 0.5) is 13.2 Å². The Balaban J connectivity index is 2.54. The number of hydrogen-bond donors (Lipinski definition) is 1. The zero-order valence-corrected chi connectivity index (χ0v) is 9.38. The third kappa shape index (κ3) is 3.34. The van der Waals surface area contributed by atoms with E-state index in [1.54, 1.807) is 0 Å². The largest absolute Gasteiger partial charge is 0.416 e. The first kappa shape index (κ1) is 12.8. The van der Waals surface area contributed by atoms with Crippen molar-refractivity contribution in [3.8, 4) is 0 Å². The van der Waals surface area contributed by atoms with E-state index in [0.717, 1.165) is 4.90 Å². The Labute approximate surface area is 93.4 Å². The van der Waals surface area contributed by atoms with Gasteiger partial charge in [-0.15, -0.1) is 0 Å². The molecule has 88 valence electrons. The van der Waals surface area contributed by atoms with Crippen molar-refractivity contribution in [3.63, 3.8) is 0 Å². The number of β-amino-alcohol motifs (C(OH)–C–C–N with tert-alkyl or cyclic N) is 1. The highest BCUT2D eigenvalue weighted by Gasteiger charge is 2.41. The van der Waals surface area contributed by atoms with Gasteiger partial charge in [-0.1, -0.05) is 15.9 Å². The van der Waals surface area contributed by atoms with Crippen LogP contribution in [0.2, 0.25) is 0 Å². The zero-order valence-electron chi connectivity index (χ0n) is 7.80. The van der Waals surface area contributed by atoms with Gasteiger partial charge in [0.05, 0.1) is 11.4 Å². The summed E-state index contributed by atoms with van der Waals surface area (Å²) in [5.41, 5.74) is 0. The van der Waals surface area contributed by atoms with E-state index in [1.165, 1.54) is 0 Å². The molecule has 1 N–H and O–H groups in total. The Morgan fingerprint density at radius 1 is 1.60 bits per heavy atom. The molecule has 0 bridgehead atoms. The number of likely N-dealkylation sites (tertiary alicyclic amines) is 1. The first-order valence-corrected chi connectivity index (χ1v) is 5.41. The third-order valence-electron chi connectivity index (χ3n) is 2.24. The highest BCUT2D eigenvalue weighted by atomic mass is 79.9. The minimum absolute atomic E-state index is 0.272. The van der Waals surface area contributed by atoms with E-state index in [9.17, 15) is 18.0 Å². The second kappa shape index (κ2) is 4.69. The fraction of sp³-hybridized carbons (Fsp3) is 0.875. The van der Waals surface area contributed by atoms with Crippen molar-refractivity contribution >= 4 is 21.8 Å². The maximum absolute atomic E-state index is 12.0. The fourth-order valence-corrected chi connectivity index (χ4v) is 2.00. The minimum Gasteiger partial charge on any atom is -0.382 e. The van der Waals surface area contributed by atoms with Crippen LogP contribution in [0.25, 0.3) is 0 Å². The number of carbonyl (C=O) groups is 1. The van der Waals surface area contributed by atoms with Crippen LogP contribution >= 0.6 is 15.9 Å². The Bertz CT molecular complexity index is 247.